The van der Waals surface area contributed by atoms with Gasteiger partial charge in [-0.1, -0.05) is 6.92 Å². The van der Waals surface area contributed by atoms with Gasteiger partial charge in [0.1, 0.15) is 0 Å². The fourth-order valence-electron chi connectivity index (χ4n) is 4.57. The van der Waals surface area contributed by atoms with Crippen LogP contribution in [0.4, 0.5) is 0 Å². The molecule has 17 heavy (non-hydrogen) atoms. The monoisotopic (exact) mass is 236 g/mol. The van der Waals surface area contributed by atoms with Crippen LogP contribution in [0.5, 0.6) is 0 Å². The Morgan fingerprint density at radius 2 is 2.06 bits per heavy atom. The van der Waals surface area contributed by atoms with Gasteiger partial charge in [0.25, 0.3) is 0 Å². The maximum absolute atomic E-state index is 11.2. The number of carbonyl (C=O) groups excluding carboxylic acids is 1. The number of rotatable bonds is 3. The van der Waals surface area contributed by atoms with Gasteiger partial charge < -0.3 is 10.6 Å². The van der Waals surface area contributed by atoms with Gasteiger partial charge in [-0.25, -0.2) is 0 Å². The third kappa shape index (κ3) is 1.99. The first kappa shape index (κ1) is 11.5. The molecular weight excluding hydrogens is 212 g/mol. The van der Waals surface area contributed by atoms with Crippen LogP contribution in [0.2, 0.25) is 0 Å². The van der Waals surface area contributed by atoms with Crippen LogP contribution in [0.25, 0.3) is 0 Å². The number of piperidine rings is 3. The number of primary amides is 1. The van der Waals surface area contributed by atoms with Crippen molar-refractivity contribution in [2.24, 2.45) is 29.4 Å². The molecule has 4 atom stereocenters. The highest BCUT2D eigenvalue weighted by atomic mass is 16.1. The lowest BCUT2D eigenvalue weighted by molar-refractivity contribution is -0.121. The Morgan fingerprint density at radius 3 is 2.65 bits per heavy atom. The molecule has 3 heterocycles. The van der Waals surface area contributed by atoms with Gasteiger partial charge in [-0.05, 0) is 62.9 Å². The number of amides is 1. The lowest BCUT2D eigenvalue weighted by Gasteiger charge is -2.48. The quantitative estimate of drug-likeness (QED) is 0.809. The molecule has 2 N–H and O–H groups in total. The Morgan fingerprint density at radius 1 is 1.35 bits per heavy atom. The van der Waals surface area contributed by atoms with Crippen molar-refractivity contribution in [3.05, 3.63) is 0 Å². The normalized spacial score (nSPS) is 45.6. The second-order valence-corrected chi connectivity index (χ2v) is 6.48. The van der Waals surface area contributed by atoms with Crippen LogP contribution in [0.1, 0.15) is 39.0 Å². The van der Waals surface area contributed by atoms with Crippen molar-refractivity contribution in [3.63, 3.8) is 0 Å². The molecule has 4 rings (SSSR count). The zero-order valence-electron chi connectivity index (χ0n) is 10.8. The van der Waals surface area contributed by atoms with E-state index in [0.29, 0.717) is 0 Å². The van der Waals surface area contributed by atoms with E-state index in [9.17, 15) is 4.79 Å². The first-order valence-corrected chi connectivity index (χ1v) is 7.18. The second kappa shape index (κ2) is 4.27. The predicted molar refractivity (Wildman–Crippen MR) is 67.3 cm³/mol. The van der Waals surface area contributed by atoms with Crippen LogP contribution in [0, 0.1) is 23.7 Å². The zero-order chi connectivity index (χ0) is 12.0. The average Bonchev–Trinajstić information content (AvgIpc) is 2.75. The molecule has 0 spiro atoms. The molecule has 3 aliphatic heterocycles. The van der Waals surface area contributed by atoms with Crippen molar-refractivity contribution in [3.8, 4) is 0 Å². The fourth-order valence-corrected chi connectivity index (χ4v) is 4.57. The smallest absolute Gasteiger partial charge is 0.220 e. The van der Waals surface area contributed by atoms with Crippen molar-refractivity contribution in [2.75, 3.05) is 13.1 Å². The lowest BCUT2D eigenvalue weighted by Crippen LogP contribution is -2.52. The number of carbonyl (C=O) groups is 1. The third-order valence-corrected chi connectivity index (χ3v) is 5.50. The van der Waals surface area contributed by atoms with E-state index in [4.69, 9.17) is 5.73 Å². The second-order valence-electron chi connectivity index (χ2n) is 6.48. The standard InChI is InChI=1S/C14H24N2O/c1-9(14(15)17)6-10-7-12-11-2-4-16(5-3-11)13(12)8-10/h9-13H,2-8H2,1H3,(H2,15,17). The van der Waals surface area contributed by atoms with Crippen molar-refractivity contribution >= 4 is 5.91 Å². The molecule has 0 aromatic carbocycles. The summed E-state index contributed by atoms with van der Waals surface area (Å²) >= 11 is 0. The summed E-state index contributed by atoms with van der Waals surface area (Å²) in [6, 6.07) is 0.840. The van der Waals surface area contributed by atoms with E-state index >= 15 is 0 Å². The SMILES string of the molecule is CC(CC1CC2C3CCN(CC3)C2C1)C(N)=O. The molecule has 0 aromatic rings. The molecule has 2 bridgehead atoms. The summed E-state index contributed by atoms with van der Waals surface area (Å²) in [5, 5.41) is 0. The van der Waals surface area contributed by atoms with Crippen LogP contribution >= 0.6 is 0 Å². The van der Waals surface area contributed by atoms with Gasteiger partial charge >= 0.3 is 0 Å². The van der Waals surface area contributed by atoms with Gasteiger partial charge in [0.15, 0.2) is 0 Å². The summed E-state index contributed by atoms with van der Waals surface area (Å²) < 4.78 is 0. The van der Waals surface area contributed by atoms with Crippen molar-refractivity contribution in [1.29, 1.82) is 0 Å². The minimum absolute atomic E-state index is 0.0628. The van der Waals surface area contributed by atoms with E-state index in [0.717, 1.165) is 30.2 Å². The van der Waals surface area contributed by atoms with Crippen molar-refractivity contribution in [2.45, 2.75) is 45.1 Å². The van der Waals surface area contributed by atoms with Crippen LogP contribution in [0.3, 0.4) is 0 Å². The molecule has 4 unspecified atom stereocenters. The van der Waals surface area contributed by atoms with Crippen molar-refractivity contribution < 1.29 is 4.79 Å². The molecule has 0 aromatic heterocycles. The van der Waals surface area contributed by atoms with E-state index in [-0.39, 0.29) is 11.8 Å². The summed E-state index contributed by atoms with van der Waals surface area (Å²) in [5.74, 6) is 2.60. The highest BCUT2D eigenvalue weighted by Crippen LogP contribution is 2.49. The number of hydrogen-bond acceptors (Lipinski definition) is 2. The van der Waals surface area contributed by atoms with Gasteiger partial charge in [-0.2, -0.15) is 0 Å². The first-order valence-electron chi connectivity index (χ1n) is 7.18. The molecule has 1 saturated carbocycles. The lowest BCUT2D eigenvalue weighted by atomic mass is 9.75. The summed E-state index contributed by atoms with van der Waals surface area (Å²) in [4.78, 5) is 13.9. The molecule has 96 valence electrons. The molecule has 3 nitrogen and oxygen atoms in total. The summed E-state index contributed by atoms with van der Waals surface area (Å²) in [7, 11) is 0. The van der Waals surface area contributed by atoms with E-state index in [1.165, 1.54) is 38.8 Å². The molecule has 1 aliphatic carbocycles. The fraction of sp³-hybridized carbons (Fsp3) is 0.929. The third-order valence-electron chi connectivity index (χ3n) is 5.50. The summed E-state index contributed by atoms with van der Waals surface area (Å²) in [6.45, 7) is 4.63. The van der Waals surface area contributed by atoms with Gasteiger partial charge in [0.2, 0.25) is 5.91 Å². The van der Waals surface area contributed by atoms with Crippen molar-refractivity contribution in [1.82, 2.24) is 4.90 Å². The number of nitrogens with two attached hydrogens (primary N) is 1. The summed E-state index contributed by atoms with van der Waals surface area (Å²) in [5.41, 5.74) is 5.38. The summed E-state index contributed by atoms with van der Waals surface area (Å²) in [6.07, 6.45) is 6.52. The maximum Gasteiger partial charge on any atom is 0.220 e. The highest BCUT2D eigenvalue weighted by Gasteiger charge is 2.47. The Kier molecular flexibility index (Phi) is 2.89. The maximum atomic E-state index is 11.2. The first-order chi connectivity index (χ1) is 8.15. The van der Waals surface area contributed by atoms with Crippen LogP contribution in [0.15, 0.2) is 0 Å². The number of fused-ring (bicyclic) bond motifs is 2. The Bertz CT molecular complexity index is 289. The van der Waals surface area contributed by atoms with Crippen LogP contribution in [-0.2, 0) is 4.79 Å². The van der Waals surface area contributed by atoms with Gasteiger partial charge in [0, 0.05) is 12.0 Å². The Balaban J connectivity index is 1.63. The Hall–Kier alpha value is -0.570. The Labute approximate surface area is 104 Å². The average molecular weight is 236 g/mol. The molecule has 4 aliphatic rings. The zero-order valence-corrected chi connectivity index (χ0v) is 10.8. The van der Waals surface area contributed by atoms with Gasteiger partial charge in [-0.15, -0.1) is 0 Å². The van der Waals surface area contributed by atoms with E-state index in [2.05, 4.69) is 4.90 Å². The highest BCUT2D eigenvalue weighted by molar-refractivity contribution is 5.76. The van der Waals surface area contributed by atoms with E-state index < -0.39 is 0 Å². The molecular formula is C14H24N2O. The van der Waals surface area contributed by atoms with Gasteiger partial charge in [-0.3, -0.25) is 4.79 Å². The van der Waals surface area contributed by atoms with Crippen LogP contribution < -0.4 is 5.73 Å². The van der Waals surface area contributed by atoms with Crippen LogP contribution in [-0.4, -0.2) is 29.9 Å². The molecule has 4 fully saturated rings. The molecule has 1 amide bonds. The van der Waals surface area contributed by atoms with E-state index in [1.807, 2.05) is 6.92 Å². The van der Waals surface area contributed by atoms with Gasteiger partial charge in [0.05, 0.1) is 0 Å². The minimum atomic E-state index is -0.122. The molecule has 3 heteroatoms. The number of nitrogens with zero attached hydrogens (tertiary/aromatic N) is 1. The minimum Gasteiger partial charge on any atom is -0.369 e. The topological polar surface area (TPSA) is 46.3 Å². The molecule has 3 saturated heterocycles. The molecule has 0 radical (unpaired) electrons. The predicted octanol–water partition coefficient (Wildman–Crippen LogP) is 1.62. The van der Waals surface area contributed by atoms with E-state index in [1.54, 1.807) is 0 Å². The largest absolute Gasteiger partial charge is 0.369 e. The number of hydrogen-bond donors (Lipinski definition) is 1.